The fourth-order valence-electron chi connectivity index (χ4n) is 4.85. The van der Waals surface area contributed by atoms with Crippen molar-refractivity contribution in [1.29, 1.82) is 0 Å². The van der Waals surface area contributed by atoms with E-state index in [-0.39, 0.29) is 25.4 Å². The first-order valence-corrected chi connectivity index (χ1v) is 16.4. The molecular weight excluding hydrogens is 626 g/mol. The molecule has 3 rings (SSSR count). The number of ether oxygens (including phenoxy) is 2. The summed E-state index contributed by atoms with van der Waals surface area (Å²) in [5.41, 5.74) is 8.72. The van der Waals surface area contributed by atoms with Gasteiger partial charge in [0.1, 0.15) is 24.4 Å². The van der Waals surface area contributed by atoms with Crippen LogP contribution in [0.1, 0.15) is 43.9 Å². The maximum atomic E-state index is 13.3. The first-order valence-electron chi connectivity index (χ1n) is 16.4. The molecule has 0 saturated heterocycles. The Kier molecular flexibility index (Phi) is 15.8. The third-order valence-corrected chi connectivity index (χ3v) is 7.36. The summed E-state index contributed by atoms with van der Waals surface area (Å²) in [6.45, 7) is 5.29. The molecule has 0 fully saturated rings. The number of carbonyl (C=O) groups excluding carboxylic acids is 5. The van der Waals surface area contributed by atoms with E-state index in [1.54, 1.807) is 19.1 Å². The number of hydrogen-bond acceptors (Lipinski definition) is 8. The highest BCUT2D eigenvalue weighted by Crippen LogP contribution is 2.15. The molecule has 0 heterocycles. The molecule has 12 heteroatoms. The zero-order valence-corrected chi connectivity index (χ0v) is 28.3. The maximum Gasteiger partial charge on any atom is 0.328 e. The van der Waals surface area contributed by atoms with Crippen molar-refractivity contribution in [3.05, 3.63) is 102 Å². The summed E-state index contributed by atoms with van der Waals surface area (Å²) < 4.78 is 10.9. The van der Waals surface area contributed by atoms with Gasteiger partial charge in [0.05, 0.1) is 25.7 Å². The Labute approximate surface area is 287 Å². The number of carbonyl (C=O) groups is 5. The number of nitrogens with two attached hydrogens (primary N) is 1. The summed E-state index contributed by atoms with van der Waals surface area (Å²) in [6.07, 6.45) is 0.757. The molecule has 3 atom stereocenters. The van der Waals surface area contributed by atoms with Gasteiger partial charge in [-0.2, -0.15) is 0 Å². The number of amides is 4. The van der Waals surface area contributed by atoms with Crippen LogP contribution >= 0.6 is 0 Å². The lowest BCUT2D eigenvalue weighted by atomic mass is 10.0. The van der Waals surface area contributed by atoms with E-state index in [1.165, 1.54) is 0 Å². The van der Waals surface area contributed by atoms with E-state index in [9.17, 15) is 24.0 Å². The fourth-order valence-corrected chi connectivity index (χ4v) is 4.85. The van der Waals surface area contributed by atoms with Crippen LogP contribution in [0.4, 0.5) is 0 Å². The highest BCUT2D eigenvalue weighted by Gasteiger charge is 2.28. The van der Waals surface area contributed by atoms with Crippen LogP contribution in [0.3, 0.4) is 0 Å². The second-order valence-corrected chi connectivity index (χ2v) is 12.0. The molecule has 12 nitrogen and oxygen atoms in total. The van der Waals surface area contributed by atoms with Gasteiger partial charge in [0.15, 0.2) is 0 Å². The third kappa shape index (κ3) is 14.2. The number of benzene rings is 3. The van der Waals surface area contributed by atoms with Crippen molar-refractivity contribution in [3.63, 3.8) is 0 Å². The lowest BCUT2D eigenvalue weighted by Crippen LogP contribution is -2.54. The number of esters is 1. The Morgan fingerprint density at radius 1 is 0.673 bits per heavy atom. The van der Waals surface area contributed by atoms with Crippen LogP contribution in [0, 0.1) is 5.92 Å². The number of hydrogen-bond donors (Lipinski definition) is 5. The molecule has 0 unspecified atom stereocenters. The molecule has 0 aliphatic carbocycles. The fraction of sp³-hybridized carbons (Fsp3) is 0.378. The van der Waals surface area contributed by atoms with Gasteiger partial charge in [-0.25, -0.2) is 4.79 Å². The van der Waals surface area contributed by atoms with E-state index in [0.29, 0.717) is 18.8 Å². The minimum atomic E-state index is -1.03. The molecule has 0 bridgehead atoms. The largest absolute Gasteiger partial charge is 0.489 e. The van der Waals surface area contributed by atoms with Gasteiger partial charge in [0.2, 0.25) is 23.6 Å². The van der Waals surface area contributed by atoms with Crippen LogP contribution in [0.5, 0.6) is 5.75 Å². The normalized spacial score (nSPS) is 12.6. The zero-order valence-electron chi connectivity index (χ0n) is 28.3. The smallest absolute Gasteiger partial charge is 0.328 e. The van der Waals surface area contributed by atoms with Crippen molar-refractivity contribution >= 4 is 29.6 Å². The standard InChI is InChI=1S/C37H47N5O7/c1-4-48-37(47)32(19-25(2)3)42-36(46)31(21-26-11-7-5-8-12-26)41-34(44)23-39-33(43)22-40-35(45)30(38)20-27-15-17-29(18-16-27)49-24-28-13-9-6-10-14-28/h5-18,25,30-32H,4,19-24,38H2,1-3H3,(H,39,43)(H,40,45)(H,41,44)(H,42,46)/t30-,31-,32-/m0/s1. The van der Waals surface area contributed by atoms with Gasteiger partial charge in [0.25, 0.3) is 0 Å². The average Bonchev–Trinajstić information content (AvgIpc) is 3.09. The molecule has 0 spiro atoms. The van der Waals surface area contributed by atoms with Crippen molar-refractivity contribution in [2.24, 2.45) is 11.7 Å². The van der Waals surface area contributed by atoms with E-state index in [1.807, 2.05) is 86.6 Å². The molecule has 0 aliphatic rings. The molecule has 6 N–H and O–H groups in total. The van der Waals surface area contributed by atoms with Crippen molar-refractivity contribution in [2.45, 2.75) is 64.8 Å². The summed E-state index contributed by atoms with van der Waals surface area (Å²) in [4.78, 5) is 63.6. The second-order valence-electron chi connectivity index (χ2n) is 12.0. The minimum absolute atomic E-state index is 0.0964. The highest BCUT2D eigenvalue weighted by molar-refractivity contribution is 5.93. The first-order chi connectivity index (χ1) is 23.5. The van der Waals surface area contributed by atoms with Crippen LogP contribution in [-0.4, -0.2) is 67.4 Å². The van der Waals surface area contributed by atoms with Crippen molar-refractivity contribution in [1.82, 2.24) is 21.3 Å². The molecule has 3 aromatic rings. The van der Waals surface area contributed by atoms with Crippen molar-refractivity contribution in [2.75, 3.05) is 19.7 Å². The van der Waals surface area contributed by atoms with Gasteiger partial charge in [0, 0.05) is 6.42 Å². The molecule has 49 heavy (non-hydrogen) atoms. The first kappa shape index (κ1) is 38.2. The lowest BCUT2D eigenvalue weighted by molar-refractivity contribution is -0.148. The van der Waals surface area contributed by atoms with Gasteiger partial charge in [-0.1, -0.05) is 86.6 Å². The molecule has 0 saturated carbocycles. The molecule has 4 amide bonds. The zero-order chi connectivity index (χ0) is 35.6. The summed E-state index contributed by atoms with van der Waals surface area (Å²) in [5.74, 6) is -2.09. The maximum absolute atomic E-state index is 13.3. The summed E-state index contributed by atoms with van der Waals surface area (Å²) in [7, 11) is 0. The number of nitrogens with one attached hydrogen (secondary N) is 4. The molecule has 0 aliphatic heterocycles. The quantitative estimate of drug-likeness (QED) is 0.120. The minimum Gasteiger partial charge on any atom is -0.489 e. The summed E-state index contributed by atoms with van der Waals surface area (Å²) >= 11 is 0. The molecular formula is C37H47N5O7. The molecule has 3 aromatic carbocycles. The van der Waals surface area contributed by atoms with E-state index in [0.717, 1.165) is 16.7 Å². The third-order valence-electron chi connectivity index (χ3n) is 7.36. The van der Waals surface area contributed by atoms with Crippen molar-refractivity contribution < 1.29 is 33.4 Å². The molecule has 0 radical (unpaired) electrons. The van der Waals surface area contributed by atoms with Crippen LogP contribution in [0.2, 0.25) is 0 Å². The van der Waals surface area contributed by atoms with Crippen LogP contribution in [-0.2, 0) is 48.2 Å². The Morgan fingerprint density at radius 2 is 1.27 bits per heavy atom. The lowest BCUT2D eigenvalue weighted by Gasteiger charge is -2.24. The second kappa shape index (κ2) is 20.2. The van der Waals surface area contributed by atoms with Gasteiger partial charge >= 0.3 is 5.97 Å². The van der Waals surface area contributed by atoms with Crippen LogP contribution < -0.4 is 31.7 Å². The Bertz CT molecular complexity index is 1500. The molecule has 262 valence electrons. The SMILES string of the molecule is CCOC(=O)[C@H](CC(C)C)NC(=O)[C@H](Cc1ccccc1)NC(=O)CNC(=O)CNC(=O)[C@@H](N)Cc1ccc(OCc2ccccc2)cc1. The van der Waals surface area contributed by atoms with E-state index >= 15 is 0 Å². The topological polar surface area (TPSA) is 178 Å². The Hall–Kier alpha value is -5.23. The summed E-state index contributed by atoms with van der Waals surface area (Å²) in [5, 5.41) is 10.3. The Morgan fingerprint density at radius 3 is 1.88 bits per heavy atom. The highest BCUT2D eigenvalue weighted by atomic mass is 16.5. The van der Waals surface area contributed by atoms with Gasteiger partial charge in [-0.15, -0.1) is 0 Å². The van der Waals surface area contributed by atoms with Crippen molar-refractivity contribution in [3.8, 4) is 5.75 Å². The summed E-state index contributed by atoms with van der Waals surface area (Å²) in [6, 6.07) is 23.3. The van der Waals surface area contributed by atoms with E-state index in [4.69, 9.17) is 15.2 Å². The van der Waals surface area contributed by atoms with Gasteiger partial charge in [-0.3, -0.25) is 19.2 Å². The van der Waals surface area contributed by atoms with Crippen LogP contribution in [0.15, 0.2) is 84.9 Å². The monoisotopic (exact) mass is 673 g/mol. The molecule has 0 aromatic heterocycles. The van der Waals surface area contributed by atoms with Crippen LogP contribution in [0.25, 0.3) is 0 Å². The average molecular weight is 674 g/mol. The van der Waals surface area contributed by atoms with E-state index < -0.39 is 60.8 Å². The van der Waals surface area contributed by atoms with E-state index in [2.05, 4.69) is 21.3 Å². The number of rotatable bonds is 19. The Balaban J connectivity index is 1.46. The van der Waals surface area contributed by atoms with Gasteiger partial charge in [-0.05, 0) is 54.5 Å². The predicted octanol–water partition coefficient (Wildman–Crippen LogP) is 2.19. The van der Waals surface area contributed by atoms with Gasteiger partial charge < -0.3 is 36.5 Å². The predicted molar refractivity (Wildman–Crippen MR) is 185 cm³/mol.